The van der Waals surface area contributed by atoms with Crippen LogP contribution in [0.4, 0.5) is 13.2 Å². The highest BCUT2D eigenvalue weighted by atomic mass is 19.4. The van der Waals surface area contributed by atoms with Gasteiger partial charge in [0, 0.05) is 24.2 Å². The van der Waals surface area contributed by atoms with Crippen molar-refractivity contribution in [2.24, 2.45) is 5.92 Å². The lowest BCUT2D eigenvalue weighted by atomic mass is 9.89. The summed E-state index contributed by atoms with van der Waals surface area (Å²) in [5, 5.41) is 6.43. The van der Waals surface area contributed by atoms with Crippen molar-refractivity contribution in [3.05, 3.63) is 17.7 Å². The molecular formula is C16H21F3N4O. The Morgan fingerprint density at radius 2 is 2.17 bits per heavy atom. The summed E-state index contributed by atoms with van der Waals surface area (Å²) in [7, 11) is 0. The van der Waals surface area contributed by atoms with Crippen LogP contribution in [-0.2, 0) is 17.5 Å². The van der Waals surface area contributed by atoms with Crippen LogP contribution in [-0.4, -0.2) is 27.5 Å². The van der Waals surface area contributed by atoms with E-state index in [1.807, 2.05) is 0 Å². The number of carbonyl (C=O) groups is 1. The number of halogens is 3. The molecule has 1 saturated carbocycles. The maximum Gasteiger partial charge on any atom is 0.434 e. The molecule has 2 N–H and O–H groups in total. The van der Waals surface area contributed by atoms with E-state index in [-0.39, 0.29) is 17.4 Å². The van der Waals surface area contributed by atoms with Gasteiger partial charge in [-0.05, 0) is 45.1 Å². The number of aryl methyl sites for hydroxylation is 1. The number of carbonyl (C=O) groups excluding carboxylic acids is 1. The molecule has 8 heteroatoms. The van der Waals surface area contributed by atoms with Crippen molar-refractivity contribution in [1.29, 1.82) is 0 Å². The van der Waals surface area contributed by atoms with Crippen molar-refractivity contribution in [3.63, 3.8) is 0 Å². The van der Waals surface area contributed by atoms with Gasteiger partial charge in [0.25, 0.3) is 0 Å². The fraction of sp³-hybridized carbons (Fsp3) is 0.750. The van der Waals surface area contributed by atoms with Crippen LogP contribution in [0.3, 0.4) is 0 Å². The van der Waals surface area contributed by atoms with Gasteiger partial charge < -0.3 is 15.2 Å². The van der Waals surface area contributed by atoms with Crippen LogP contribution in [0.1, 0.15) is 56.1 Å². The van der Waals surface area contributed by atoms with Gasteiger partial charge in [0.15, 0.2) is 5.69 Å². The number of rotatable bonds is 2. The fourth-order valence-electron chi connectivity index (χ4n) is 3.96. The Balaban J connectivity index is 1.48. The van der Waals surface area contributed by atoms with Crippen LogP contribution in [0.15, 0.2) is 6.20 Å². The largest absolute Gasteiger partial charge is 0.434 e. The van der Waals surface area contributed by atoms with Gasteiger partial charge in [-0.2, -0.15) is 13.2 Å². The van der Waals surface area contributed by atoms with E-state index in [1.165, 1.54) is 4.57 Å². The molecule has 1 aromatic heterocycles. The predicted octanol–water partition coefficient (Wildman–Crippen LogP) is 2.39. The maximum absolute atomic E-state index is 12.9. The molecule has 2 aliphatic heterocycles. The molecule has 0 bridgehead atoms. The summed E-state index contributed by atoms with van der Waals surface area (Å²) >= 11 is 0. The van der Waals surface area contributed by atoms with E-state index in [2.05, 4.69) is 15.6 Å². The van der Waals surface area contributed by atoms with Crippen molar-refractivity contribution < 1.29 is 18.0 Å². The van der Waals surface area contributed by atoms with Crippen LogP contribution in [0, 0.1) is 5.92 Å². The fourth-order valence-corrected chi connectivity index (χ4v) is 3.96. The highest BCUT2D eigenvalue weighted by Crippen LogP contribution is 2.44. The third-order valence-corrected chi connectivity index (χ3v) is 5.47. The Morgan fingerprint density at radius 1 is 1.38 bits per heavy atom. The van der Waals surface area contributed by atoms with Crippen molar-refractivity contribution in [1.82, 2.24) is 20.2 Å². The molecule has 2 fully saturated rings. The maximum atomic E-state index is 12.9. The highest BCUT2D eigenvalue weighted by molar-refractivity contribution is 5.79. The zero-order valence-electron chi connectivity index (χ0n) is 13.3. The van der Waals surface area contributed by atoms with Crippen LogP contribution in [0.2, 0.25) is 0 Å². The summed E-state index contributed by atoms with van der Waals surface area (Å²) in [5.41, 5.74) is -0.730. The number of piperidine rings is 1. The minimum absolute atomic E-state index is 0.0437. The number of amides is 1. The molecule has 132 valence electrons. The van der Waals surface area contributed by atoms with Crippen molar-refractivity contribution in [3.8, 4) is 0 Å². The van der Waals surface area contributed by atoms with Gasteiger partial charge in [-0.3, -0.25) is 4.79 Å². The first-order chi connectivity index (χ1) is 11.4. The van der Waals surface area contributed by atoms with Crippen molar-refractivity contribution in [2.75, 3.05) is 6.54 Å². The molecule has 1 unspecified atom stereocenters. The second kappa shape index (κ2) is 5.47. The standard InChI is InChI=1S/C16H21F3N4O/c17-16(18,19)12-9-23-7-1-2-11(13(23)22-12)21-14(24)10-3-6-20-15(8-10)4-5-15/h9-11,20H,1-8H2,(H,21,24)/t10?,11-/m1/s1. The van der Waals surface area contributed by atoms with Crippen molar-refractivity contribution >= 4 is 5.91 Å². The minimum atomic E-state index is -4.45. The smallest absolute Gasteiger partial charge is 0.346 e. The summed E-state index contributed by atoms with van der Waals surface area (Å²) < 4.78 is 40.2. The number of alkyl halides is 3. The number of fused-ring (bicyclic) bond motifs is 1. The van der Waals surface area contributed by atoms with Crippen molar-refractivity contribution in [2.45, 2.75) is 62.8 Å². The van der Waals surface area contributed by atoms with Crippen LogP contribution in [0.5, 0.6) is 0 Å². The van der Waals surface area contributed by atoms with Crippen LogP contribution in [0.25, 0.3) is 0 Å². The minimum Gasteiger partial charge on any atom is -0.346 e. The zero-order chi connectivity index (χ0) is 16.9. The van der Waals surface area contributed by atoms with E-state index in [4.69, 9.17) is 0 Å². The molecule has 5 nitrogen and oxygen atoms in total. The molecular weight excluding hydrogens is 321 g/mol. The lowest BCUT2D eigenvalue weighted by Gasteiger charge is -2.31. The Labute approximate surface area is 138 Å². The molecule has 3 aliphatic rings. The number of nitrogens with one attached hydrogen (secondary N) is 2. The summed E-state index contributed by atoms with van der Waals surface area (Å²) in [4.78, 5) is 16.4. The van der Waals surface area contributed by atoms with Crippen LogP contribution >= 0.6 is 0 Å². The van der Waals surface area contributed by atoms with Crippen LogP contribution < -0.4 is 10.6 Å². The summed E-state index contributed by atoms with van der Waals surface area (Å²) in [6.45, 7) is 1.34. The number of imidazole rings is 1. The van der Waals surface area contributed by atoms with E-state index < -0.39 is 17.9 Å². The Hall–Kier alpha value is -1.57. The molecule has 0 radical (unpaired) electrons. The Kier molecular flexibility index (Phi) is 3.63. The molecule has 1 aliphatic carbocycles. The summed E-state index contributed by atoms with van der Waals surface area (Å²) in [6.07, 6.45) is 1.80. The molecule has 1 amide bonds. The number of aromatic nitrogens is 2. The molecule has 1 saturated heterocycles. The first-order valence-electron chi connectivity index (χ1n) is 8.56. The average molecular weight is 342 g/mol. The monoisotopic (exact) mass is 342 g/mol. The SMILES string of the molecule is O=C(N[C@@H]1CCCn2cc(C(F)(F)F)nc21)C1CCNC2(CC2)C1. The van der Waals surface area contributed by atoms with E-state index in [0.717, 1.165) is 44.8 Å². The number of hydrogen-bond acceptors (Lipinski definition) is 3. The highest BCUT2D eigenvalue weighted by Gasteiger charge is 2.47. The molecule has 1 aromatic rings. The second-order valence-corrected chi connectivity index (χ2v) is 7.28. The molecule has 24 heavy (non-hydrogen) atoms. The van der Waals surface area contributed by atoms with Gasteiger partial charge in [0.1, 0.15) is 5.82 Å². The van der Waals surface area contributed by atoms with E-state index in [9.17, 15) is 18.0 Å². The van der Waals surface area contributed by atoms with Gasteiger partial charge in [-0.25, -0.2) is 4.98 Å². The molecule has 4 rings (SSSR count). The quantitative estimate of drug-likeness (QED) is 0.868. The first kappa shape index (κ1) is 15.9. The lowest BCUT2D eigenvalue weighted by molar-refractivity contribution is -0.141. The topological polar surface area (TPSA) is 59.0 Å². The first-order valence-corrected chi connectivity index (χ1v) is 8.56. The van der Waals surface area contributed by atoms with E-state index in [0.29, 0.717) is 18.8 Å². The number of hydrogen-bond donors (Lipinski definition) is 2. The molecule has 3 heterocycles. The zero-order valence-corrected chi connectivity index (χ0v) is 13.3. The van der Waals surface area contributed by atoms with E-state index in [1.54, 1.807) is 0 Å². The number of nitrogens with zero attached hydrogens (tertiary/aromatic N) is 2. The van der Waals surface area contributed by atoms with Gasteiger partial charge in [-0.15, -0.1) is 0 Å². The Morgan fingerprint density at radius 3 is 2.88 bits per heavy atom. The molecule has 0 aromatic carbocycles. The normalized spacial score (nSPS) is 28.5. The summed E-state index contributed by atoms with van der Waals surface area (Å²) in [5.74, 6) is 0.232. The Bertz CT molecular complexity index is 650. The average Bonchev–Trinajstić information content (AvgIpc) is 3.11. The predicted molar refractivity (Wildman–Crippen MR) is 80.0 cm³/mol. The lowest BCUT2D eigenvalue weighted by Crippen LogP contribution is -2.46. The van der Waals surface area contributed by atoms with Gasteiger partial charge in [-0.1, -0.05) is 0 Å². The third kappa shape index (κ3) is 2.92. The van der Waals surface area contributed by atoms with Gasteiger partial charge >= 0.3 is 6.18 Å². The third-order valence-electron chi connectivity index (χ3n) is 5.47. The van der Waals surface area contributed by atoms with E-state index >= 15 is 0 Å². The van der Waals surface area contributed by atoms with Gasteiger partial charge in [0.05, 0.1) is 6.04 Å². The second-order valence-electron chi connectivity index (χ2n) is 7.28. The van der Waals surface area contributed by atoms with Gasteiger partial charge in [0.2, 0.25) is 5.91 Å². The molecule has 2 atom stereocenters. The summed E-state index contributed by atoms with van der Waals surface area (Å²) in [6, 6.07) is -0.424. The molecule has 1 spiro atoms.